The number of ether oxygens (including phenoxy) is 1. The van der Waals surface area contributed by atoms with Crippen molar-refractivity contribution in [3.05, 3.63) is 48.8 Å². The third-order valence-corrected chi connectivity index (χ3v) is 3.58. The van der Waals surface area contributed by atoms with Crippen molar-refractivity contribution in [3.63, 3.8) is 0 Å². The van der Waals surface area contributed by atoms with E-state index in [0.29, 0.717) is 18.2 Å². The molecule has 2 amide bonds. The summed E-state index contributed by atoms with van der Waals surface area (Å²) in [4.78, 5) is 20.1. The van der Waals surface area contributed by atoms with Crippen molar-refractivity contribution in [1.82, 2.24) is 15.3 Å². The van der Waals surface area contributed by atoms with Crippen LogP contribution in [0.3, 0.4) is 0 Å². The van der Waals surface area contributed by atoms with Crippen molar-refractivity contribution in [2.75, 3.05) is 24.3 Å². The van der Waals surface area contributed by atoms with Crippen LogP contribution < -0.4 is 20.7 Å². The number of hydrogen-bond donors (Lipinski definition) is 3. The van der Waals surface area contributed by atoms with Gasteiger partial charge in [-0.25, -0.2) is 14.8 Å². The number of amides is 2. The summed E-state index contributed by atoms with van der Waals surface area (Å²) in [5.41, 5.74) is 1.64. The summed E-state index contributed by atoms with van der Waals surface area (Å²) >= 11 is 0. The average Bonchev–Trinajstić information content (AvgIpc) is 2.62. The summed E-state index contributed by atoms with van der Waals surface area (Å²) in [5, 5.41) is 10.6. The highest BCUT2D eigenvalue weighted by atomic mass is 35.5. The normalized spacial score (nSPS) is 9.92. The fourth-order valence-electron chi connectivity index (χ4n) is 2.46. The summed E-state index contributed by atoms with van der Waals surface area (Å²) < 4.78 is 5.27. The Balaban J connectivity index is 0.00000243. The Morgan fingerprint density at radius 1 is 1.15 bits per heavy atom. The van der Waals surface area contributed by atoms with Crippen LogP contribution in [0.5, 0.6) is 5.88 Å². The lowest BCUT2D eigenvalue weighted by molar-refractivity contribution is 0.252. The smallest absolute Gasteiger partial charge is 0.320 e. The van der Waals surface area contributed by atoms with Gasteiger partial charge in [0.05, 0.1) is 7.11 Å². The molecule has 0 saturated carbocycles. The first kappa shape index (κ1) is 19.3. The Morgan fingerprint density at radius 2 is 1.96 bits per heavy atom. The second-order valence-electron chi connectivity index (χ2n) is 5.27. The molecule has 2 heterocycles. The highest BCUT2D eigenvalue weighted by Gasteiger charge is 2.08. The molecule has 7 nitrogen and oxygen atoms in total. The molecular formula is C18H20ClN5O2. The van der Waals surface area contributed by atoms with E-state index in [1.807, 2.05) is 43.3 Å². The second-order valence-corrected chi connectivity index (χ2v) is 5.27. The minimum atomic E-state index is -0.274. The van der Waals surface area contributed by atoms with Gasteiger partial charge >= 0.3 is 6.03 Å². The van der Waals surface area contributed by atoms with Gasteiger partial charge in [0.2, 0.25) is 5.88 Å². The maximum atomic E-state index is 11.6. The number of aromatic nitrogens is 2. The first-order valence-electron chi connectivity index (χ1n) is 7.91. The molecule has 0 saturated heterocycles. The van der Waals surface area contributed by atoms with Crippen LogP contribution >= 0.6 is 12.4 Å². The average molecular weight is 374 g/mol. The molecule has 2 aromatic heterocycles. The van der Waals surface area contributed by atoms with Gasteiger partial charge in [0.25, 0.3) is 0 Å². The van der Waals surface area contributed by atoms with Crippen molar-refractivity contribution in [2.45, 2.75) is 6.92 Å². The largest absolute Gasteiger partial charge is 0.480 e. The monoisotopic (exact) mass is 373 g/mol. The quantitative estimate of drug-likeness (QED) is 0.630. The van der Waals surface area contributed by atoms with E-state index in [-0.39, 0.29) is 18.4 Å². The molecule has 0 radical (unpaired) electrons. The highest BCUT2D eigenvalue weighted by Crippen LogP contribution is 2.30. The zero-order chi connectivity index (χ0) is 17.6. The maximum absolute atomic E-state index is 11.6. The summed E-state index contributed by atoms with van der Waals surface area (Å²) in [5.74, 6) is 1.01. The molecule has 0 aliphatic carbocycles. The number of fused-ring (bicyclic) bond motifs is 1. The number of halogens is 1. The minimum absolute atomic E-state index is 0. The van der Waals surface area contributed by atoms with Crippen LogP contribution in [0.2, 0.25) is 0 Å². The van der Waals surface area contributed by atoms with Gasteiger partial charge in [-0.05, 0) is 36.6 Å². The van der Waals surface area contributed by atoms with E-state index in [0.717, 1.165) is 22.1 Å². The van der Waals surface area contributed by atoms with Crippen LogP contribution in [0.4, 0.5) is 22.0 Å². The zero-order valence-corrected chi connectivity index (χ0v) is 15.3. The van der Waals surface area contributed by atoms with Gasteiger partial charge in [-0.2, -0.15) is 0 Å². The van der Waals surface area contributed by atoms with Crippen molar-refractivity contribution >= 4 is 46.4 Å². The Morgan fingerprint density at radius 3 is 2.73 bits per heavy atom. The molecular weight excluding hydrogens is 354 g/mol. The van der Waals surface area contributed by atoms with Crippen molar-refractivity contribution in [3.8, 4) is 5.88 Å². The number of benzene rings is 1. The Kier molecular flexibility index (Phi) is 6.57. The van der Waals surface area contributed by atoms with Gasteiger partial charge in [0.15, 0.2) is 0 Å². The third kappa shape index (κ3) is 4.31. The van der Waals surface area contributed by atoms with Crippen molar-refractivity contribution < 1.29 is 9.53 Å². The molecule has 3 rings (SSSR count). The molecule has 0 aliphatic heterocycles. The molecule has 1 aromatic carbocycles. The predicted octanol–water partition coefficient (Wildman–Crippen LogP) is 3.95. The van der Waals surface area contributed by atoms with E-state index in [2.05, 4.69) is 25.9 Å². The fraction of sp³-hybridized carbons (Fsp3) is 0.167. The zero-order valence-electron chi connectivity index (χ0n) is 14.4. The first-order valence-corrected chi connectivity index (χ1v) is 7.91. The number of pyridine rings is 2. The summed E-state index contributed by atoms with van der Waals surface area (Å²) in [7, 11) is 1.58. The standard InChI is InChI=1S/C18H19N5O2.ClH/c1-3-19-18(24)23-16-10-12-6-4-7-14(13(12)11-21-16)22-15-8-5-9-20-17(15)25-2;/h4-11,22H,3H2,1-2H3,(H2,19,21,23,24);1H. The van der Waals surface area contributed by atoms with Gasteiger partial charge in [0.1, 0.15) is 11.5 Å². The molecule has 0 aliphatic rings. The predicted molar refractivity (Wildman–Crippen MR) is 106 cm³/mol. The van der Waals surface area contributed by atoms with Crippen molar-refractivity contribution in [1.29, 1.82) is 0 Å². The van der Waals surface area contributed by atoms with Gasteiger partial charge in [-0.15, -0.1) is 12.4 Å². The number of carbonyl (C=O) groups is 1. The molecule has 8 heteroatoms. The number of anilines is 3. The van der Waals surface area contributed by atoms with Gasteiger partial charge in [-0.3, -0.25) is 5.32 Å². The number of urea groups is 1. The van der Waals surface area contributed by atoms with Gasteiger partial charge in [0, 0.05) is 30.0 Å². The molecule has 136 valence electrons. The maximum Gasteiger partial charge on any atom is 0.320 e. The third-order valence-electron chi connectivity index (χ3n) is 3.58. The van der Waals surface area contributed by atoms with Crippen LogP contribution in [0.1, 0.15) is 6.92 Å². The number of nitrogens with zero attached hydrogens (tertiary/aromatic N) is 2. The van der Waals surface area contributed by atoms with E-state index in [1.165, 1.54) is 0 Å². The number of hydrogen-bond acceptors (Lipinski definition) is 5. The molecule has 26 heavy (non-hydrogen) atoms. The number of nitrogens with one attached hydrogen (secondary N) is 3. The van der Waals surface area contributed by atoms with E-state index in [4.69, 9.17) is 4.74 Å². The molecule has 0 bridgehead atoms. The number of rotatable bonds is 5. The van der Waals surface area contributed by atoms with Crippen molar-refractivity contribution in [2.24, 2.45) is 0 Å². The van der Waals surface area contributed by atoms with Crippen LogP contribution in [-0.2, 0) is 0 Å². The molecule has 3 N–H and O–H groups in total. The van der Waals surface area contributed by atoms with E-state index >= 15 is 0 Å². The fourth-order valence-corrected chi connectivity index (χ4v) is 2.46. The topological polar surface area (TPSA) is 88.2 Å². The molecule has 0 unspecified atom stereocenters. The second kappa shape index (κ2) is 8.87. The van der Waals surface area contributed by atoms with Crippen LogP contribution in [-0.4, -0.2) is 29.7 Å². The van der Waals surface area contributed by atoms with Gasteiger partial charge < -0.3 is 15.4 Å². The number of methoxy groups -OCH3 is 1. The van der Waals surface area contributed by atoms with E-state index < -0.39 is 0 Å². The lowest BCUT2D eigenvalue weighted by atomic mass is 10.1. The van der Waals surface area contributed by atoms with E-state index in [1.54, 1.807) is 19.5 Å². The summed E-state index contributed by atoms with van der Waals surface area (Å²) in [6, 6.07) is 11.1. The SMILES string of the molecule is CCNC(=O)Nc1cc2cccc(Nc3cccnc3OC)c2cn1.Cl. The van der Waals surface area contributed by atoms with Crippen LogP contribution in [0.25, 0.3) is 10.8 Å². The molecule has 0 atom stereocenters. The van der Waals surface area contributed by atoms with Crippen LogP contribution in [0, 0.1) is 0 Å². The lowest BCUT2D eigenvalue weighted by Crippen LogP contribution is -2.28. The highest BCUT2D eigenvalue weighted by molar-refractivity contribution is 5.98. The number of carbonyl (C=O) groups excluding carboxylic acids is 1. The van der Waals surface area contributed by atoms with Gasteiger partial charge in [-0.1, -0.05) is 12.1 Å². The molecule has 0 fully saturated rings. The van der Waals surface area contributed by atoms with E-state index in [9.17, 15) is 4.79 Å². The summed E-state index contributed by atoms with van der Waals surface area (Å²) in [6.45, 7) is 2.42. The molecule has 3 aromatic rings. The minimum Gasteiger partial charge on any atom is -0.480 e. The Hall–Kier alpha value is -3.06. The first-order chi connectivity index (χ1) is 12.2. The Bertz CT molecular complexity index is 904. The Labute approximate surface area is 157 Å². The lowest BCUT2D eigenvalue weighted by Gasteiger charge is -2.12. The van der Waals surface area contributed by atoms with Crippen LogP contribution in [0.15, 0.2) is 48.8 Å². The molecule has 0 spiro atoms. The summed E-state index contributed by atoms with van der Waals surface area (Å²) in [6.07, 6.45) is 3.40.